The molecule has 0 fully saturated rings. The average Bonchev–Trinajstić information content (AvgIpc) is 2.10. The van der Waals surface area contributed by atoms with Crippen LogP contribution in [0.15, 0.2) is 12.2 Å². The van der Waals surface area contributed by atoms with Crippen molar-refractivity contribution in [2.45, 2.75) is 46.3 Å². The quantitative estimate of drug-likeness (QED) is 0.615. The van der Waals surface area contributed by atoms with Gasteiger partial charge in [-0.1, -0.05) is 26.0 Å². The van der Waals surface area contributed by atoms with E-state index in [1.165, 1.54) is 0 Å². The van der Waals surface area contributed by atoms with Gasteiger partial charge in [0.25, 0.3) is 0 Å². The molecule has 0 aromatic rings. The van der Waals surface area contributed by atoms with Crippen molar-refractivity contribution in [1.29, 1.82) is 0 Å². The monoisotopic (exact) mass is 185 g/mol. The number of nitrogens with one attached hydrogen (secondary N) is 1. The van der Waals surface area contributed by atoms with E-state index >= 15 is 0 Å². The minimum absolute atomic E-state index is 0.266. The van der Waals surface area contributed by atoms with Crippen molar-refractivity contribution < 1.29 is 4.74 Å². The first-order chi connectivity index (χ1) is 6.17. The Bertz CT molecular complexity index is 145. The van der Waals surface area contributed by atoms with Crippen LogP contribution in [-0.4, -0.2) is 25.3 Å². The van der Waals surface area contributed by atoms with E-state index in [0.717, 1.165) is 25.1 Å². The highest BCUT2D eigenvalue weighted by atomic mass is 16.5. The highest BCUT2D eigenvalue weighted by Gasteiger charge is 2.19. The molecule has 0 bridgehead atoms. The summed E-state index contributed by atoms with van der Waals surface area (Å²) in [5, 5.41) is 3.39. The summed E-state index contributed by atoms with van der Waals surface area (Å²) in [4.78, 5) is 0. The smallest absolute Gasteiger partial charge is 0.0763 e. The van der Waals surface area contributed by atoms with Crippen LogP contribution in [0.4, 0.5) is 0 Å². The van der Waals surface area contributed by atoms with Crippen molar-refractivity contribution >= 4 is 0 Å². The molecule has 0 aromatic carbocycles. The fraction of sp³-hybridized carbons (Fsp3) is 0.818. The van der Waals surface area contributed by atoms with Crippen LogP contribution in [-0.2, 0) is 4.74 Å². The van der Waals surface area contributed by atoms with Crippen LogP contribution in [0.25, 0.3) is 0 Å². The molecule has 2 atom stereocenters. The van der Waals surface area contributed by atoms with Crippen LogP contribution < -0.4 is 5.32 Å². The number of hydrogen-bond donors (Lipinski definition) is 1. The van der Waals surface area contributed by atoms with Crippen molar-refractivity contribution in [3.8, 4) is 0 Å². The molecule has 0 radical (unpaired) electrons. The fourth-order valence-electron chi connectivity index (χ4n) is 1.51. The number of hydrogen-bond acceptors (Lipinski definition) is 2. The molecular formula is C11H23NO. The predicted octanol–water partition coefficient (Wildman–Crippen LogP) is 2.36. The Labute approximate surface area is 82.4 Å². The van der Waals surface area contributed by atoms with Gasteiger partial charge in [0.15, 0.2) is 0 Å². The Morgan fingerprint density at radius 1 is 1.38 bits per heavy atom. The largest absolute Gasteiger partial charge is 0.377 e. The summed E-state index contributed by atoms with van der Waals surface area (Å²) in [6.07, 6.45) is 1.29. The Balaban J connectivity index is 4.20. The molecule has 0 saturated heterocycles. The van der Waals surface area contributed by atoms with Crippen LogP contribution in [0.3, 0.4) is 0 Å². The molecule has 0 aromatic heterocycles. The summed E-state index contributed by atoms with van der Waals surface area (Å²) in [5.74, 6) is 0. The van der Waals surface area contributed by atoms with Crippen LogP contribution >= 0.6 is 0 Å². The minimum atomic E-state index is 0.266. The molecular weight excluding hydrogens is 162 g/mol. The van der Waals surface area contributed by atoms with Crippen molar-refractivity contribution in [3.05, 3.63) is 12.2 Å². The van der Waals surface area contributed by atoms with Crippen LogP contribution in [0.2, 0.25) is 0 Å². The highest BCUT2D eigenvalue weighted by Crippen LogP contribution is 2.11. The van der Waals surface area contributed by atoms with Crippen molar-refractivity contribution in [2.24, 2.45) is 0 Å². The molecule has 2 unspecified atom stereocenters. The summed E-state index contributed by atoms with van der Waals surface area (Å²) in [6.45, 7) is 14.0. The molecule has 0 saturated carbocycles. The summed E-state index contributed by atoms with van der Waals surface area (Å²) in [6, 6.07) is 0.301. The molecule has 13 heavy (non-hydrogen) atoms. The Hall–Kier alpha value is -0.340. The lowest BCUT2D eigenvalue weighted by molar-refractivity contribution is 0.0412. The standard InChI is InChI=1S/C11H23NO/c1-6-10(13-8-3)11(9(4)5)12-7-2/h10-12H,4,6-8H2,1-3,5H3. The lowest BCUT2D eigenvalue weighted by Crippen LogP contribution is -2.41. The topological polar surface area (TPSA) is 21.3 Å². The first-order valence-electron chi connectivity index (χ1n) is 5.17. The number of rotatable bonds is 7. The molecule has 0 spiro atoms. The molecule has 0 amide bonds. The third-order valence-electron chi connectivity index (χ3n) is 2.11. The first kappa shape index (κ1) is 12.7. The van der Waals surface area contributed by atoms with E-state index < -0.39 is 0 Å². The van der Waals surface area contributed by atoms with Gasteiger partial charge in [-0.2, -0.15) is 0 Å². The molecule has 2 heteroatoms. The maximum atomic E-state index is 5.64. The molecule has 2 nitrogen and oxygen atoms in total. The van der Waals surface area contributed by atoms with Gasteiger partial charge in [0.1, 0.15) is 0 Å². The van der Waals surface area contributed by atoms with Crippen molar-refractivity contribution in [1.82, 2.24) is 5.32 Å². The average molecular weight is 185 g/mol. The molecule has 0 rings (SSSR count). The van der Waals surface area contributed by atoms with Gasteiger partial charge in [0, 0.05) is 6.61 Å². The van der Waals surface area contributed by atoms with Gasteiger partial charge in [-0.05, 0) is 26.8 Å². The van der Waals surface area contributed by atoms with Crippen LogP contribution in [0.5, 0.6) is 0 Å². The van der Waals surface area contributed by atoms with E-state index in [0.29, 0.717) is 6.04 Å². The lowest BCUT2D eigenvalue weighted by atomic mass is 10.0. The normalized spacial score (nSPS) is 15.4. The van der Waals surface area contributed by atoms with Crippen LogP contribution in [0, 0.1) is 0 Å². The van der Waals surface area contributed by atoms with E-state index in [2.05, 4.69) is 32.7 Å². The zero-order chi connectivity index (χ0) is 10.3. The highest BCUT2D eigenvalue weighted by molar-refractivity contribution is 5.05. The summed E-state index contributed by atoms with van der Waals surface area (Å²) in [5.41, 5.74) is 1.15. The van der Waals surface area contributed by atoms with Gasteiger partial charge < -0.3 is 10.1 Å². The number of ether oxygens (including phenoxy) is 1. The molecule has 0 aliphatic rings. The number of likely N-dealkylation sites (N-methyl/N-ethyl adjacent to an activating group) is 1. The maximum absolute atomic E-state index is 5.64. The van der Waals surface area contributed by atoms with E-state index in [9.17, 15) is 0 Å². The Kier molecular flexibility index (Phi) is 6.92. The minimum Gasteiger partial charge on any atom is -0.377 e. The van der Waals surface area contributed by atoms with E-state index in [1.54, 1.807) is 0 Å². The fourth-order valence-corrected chi connectivity index (χ4v) is 1.51. The summed E-state index contributed by atoms with van der Waals surface area (Å²) in [7, 11) is 0. The molecule has 78 valence electrons. The Morgan fingerprint density at radius 2 is 2.00 bits per heavy atom. The summed E-state index contributed by atoms with van der Waals surface area (Å²) >= 11 is 0. The van der Waals surface area contributed by atoms with E-state index in [4.69, 9.17) is 4.74 Å². The SMILES string of the molecule is C=C(C)C(NCC)C(CC)OCC. The predicted molar refractivity (Wildman–Crippen MR) is 58.0 cm³/mol. The van der Waals surface area contributed by atoms with Gasteiger partial charge in [0.2, 0.25) is 0 Å². The lowest BCUT2D eigenvalue weighted by Gasteiger charge is -2.27. The van der Waals surface area contributed by atoms with E-state index in [1.807, 2.05) is 6.92 Å². The van der Waals surface area contributed by atoms with Gasteiger partial charge >= 0.3 is 0 Å². The second kappa shape index (κ2) is 7.10. The van der Waals surface area contributed by atoms with E-state index in [-0.39, 0.29) is 6.10 Å². The molecule has 0 heterocycles. The Morgan fingerprint density at radius 3 is 2.31 bits per heavy atom. The first-order valence-corrected chi connectivity index (χ1v) is 5.17. The van der Waals surface area contributed by atoms with Crippen molar-refractivity contribution in [2.75, 3.05) is 13.2 Å². The summed E-state index contributed by atoms with van der Waals surface area (Å²) < 4.78 is 5.64. The second-order valence-corrected chi connectivity index (χ2v) is 3.28. The third kappa shape index (κ3) is 4.44. The van der Waals surface area contributed by atoms with Crippen LogP contribution in [0.1, 0.15) is 34.1 Å². The zero-order valence-electron chi connectivity index (χ0n) is 9.39. The zero-order valence-corrected chi connectivity index (χ0v) is 9.39. The van der Waals surface area contributed by atoms with Gasteiger partial charge in [-0.25, -0.2) is 0 Å². The third-order valence-corrected chi connectivity index (χ3v) is 2.11. The maximum Gasteiger partial charge on any atom is 0.0763 e. The second-order valence-electron chi connectivity index (χ2n) is 3.28. The van der Waals surface area contributed by atoms with Gasteiger partial charge in [0.05, 0.1) is 12.1 Å². The molecule has 0 aliphatic heterocycles. The van der Waals surface area contributed by atoms with Gasteiger partial charge in [-0.3, -0.25) is 0 Å². The molecule has 0 aliphatic carbocycles. The van der Waals surface area contributed by atoms with Gasteiger partial charge in [-0.15, -0.1) is 0 Å². The molecule has 1 N–H and O–H groups in total. The van der Waals surface area contributed by atoms with Crippen molar-refractivity contribution in [3.63, 3.8) is 0 Å².